The minimum absolute atomic E-state index is 0.0659. The van der Waals surface area contributed by atoms with E-state index in [-0.39, 0.29) is 22.2 Å². The van der Waals surface area contributed by atoms with Gasteiger partial charge in [-0.2, -0.15) is 0 Å². The molecule has 36 heavy (non-hydrogen) atoms. The second-order valence-corrected chi connectivity index (χ2v) is 10.8. The predicted molar refractivity (Wildman–Crippen MR) is 139 cm³/mol. The SMILES string of the molecule is COc1cc([C@H]2C(C(=O)c3cccs3)=C(O)C(=O)N2c2nnc(SCc3ccccc3)s2)ccc1O. The quantitative estimate of drug-likeness (QED) is 0.175. The van der Waals surface area contributed by atoms with Gasteiger partial charge < -0.3 is 14.9 Å². The van der Waals surface area contributed by atoms with Crippen molar-refractivity contribution >= 4 is 51.3 Å². The van der Waals surface area contributed by atoms with Gasteiger partial charge in [-0.1, -0.05) is 65.6 Å². The van der Waals surface area contributed by atoms with Crippen molar-refractivity contribution in [2.75, 3.05) is 12.0 Å². The lowest BCUT2D eigenvalue weighted by Gasteiger charge is -2.24. The van der Waals surface area contributed by atoms with E-state index < -0.39 is 23.5 Å². The molecule has 0 saturated heterocycles. The van der Waals surface area contributed by atoms with Crippen molar-refractivity contribution in [2.24, 2.45) is 0 Å². The molecular weight excluding hydrogens is 518 g/mol. The van der Waals surface area contributed by atoms with Crippen LogP contribution in [-0.4, -0.2) is 39.2 Å². The monoisotopic (exact) mass is 537 g/mol. The first-order valence-electron chi connectivity index (χ1n) is 10.7. The number of hydrogen-bond donors (Lipinski definition) is 2. The van der Waals surface area contributed by atoms with Gasteiger partial charge in [-0.25, -0.2) is 0 Å². The Hall–Kier alpha value is -3.67. The Labute approximate surface area is 218 Å². The highest BCUT2D eigenvalue weighted by Crippen LogP contribution is 2.45. The van der Waals surface area contributed by atoms with Crippen LogP contribution < -0.4 is 9.64 Å². The number of phenols is 1. The molecule has 2 N–H and O–H groups in total. The second-order valence-electron chi connectivity index (χ2n) is 7.70. The molecular formula is C25H19N3O5S3. The summed E-state index contributed by atoms with van der Waals surface area (Å²) in [5, 5.41) is 31.4. The molecule has 0 bridgehead atoms. The predicted octanol–water partition coefficient (Wildman–Crippen LogP) is 5.39. The number of Topliss-reactive ketones (excluding diaryl/α,β-unsaturated/α-hetero) is 1. The van der Waals surface area contributed by atoms with Gasteiger partial charge in [-0.15, -0.1) is 21.5 Å². The highest BCUT2D eigenvalue weighted by Gasteiger charge is 2.46. The van der Waals surface area contributed by atoms with Gasteiger partial charge in [0, 0.05) is 5.75 Å². The summed E-state index contributed by atoms with van der Waals surface area (Å²) in [4.78, 5) is 28.4. The number of anilines is 1. The number of aromatic nitrogens is 2. The number of phenolic OH excluding ortho intramolecular Hbond substituents is 1. The number of nitrogens with zero attached hydrogens (tertiary/aromatic N) is 3. The van der Waals surface area contributed by atoms with Gasteiger partial charge in [0.15, 0.2) is 21.6 Å². The largest absolute Gasteiger partial charge is 0.504 e. The number of aliphatic hydroxyl groups excluding tert-OH is 1. The smallest absolute Gasteiger partial charge is 0.296 e. The lowest BCUT2D eigenvalue weighted by atomic mass is 9.95. The number of thiophene rings is 1. The van der Waals surface area contributed by atoms with Crippen LogP contribution in [0.25, 0.3) is 0 Å². The van der Waals surface area contributed by atoms with Crippen LogP contribution in [0.5, 0.6) is 11.5 Å². The number of ether oxygens (including phenoxy) is 1. The maximum atomic E-state index is 13.4. The number of hydrogen-bond acceptors (Lipinski definition) is 10. The molecule has 11 heteroatoms. The molecule has 182 valence electrons. The van der Waals surface area contributed by atoms with Crippen molar-refractivity contribution in [2.45, 2.75) is 16.1 Å². The molecule has 1 amide bonds. The number of amides is 1. The Balaban J connectivity index is 1.53. The van der Waals surface area contributed by atoms with E-state index >= 15 is 0 Å². The summed E-state index contributed by atoms with van der Waals surface area (Å²) in [6.07, 6.45) is 0. The van der Waals surface area contributed by atoms with E-state index in [4.69, 9.17) is 4.74 Å². The van der Waals surface area contributed by atoms with E-state index in [1.54, 1.807) is 23.6 Å². The number of ketones is 1. The van der Waals surface area contributed by atoms with Crippen LogP contribution in [-0.2, 0) is 10.5 Å². The van der Waals surface area contributed by atoms with E-state index in [0.29, 0.717) is 20.5 Å². The highest BCUT2D eigenvalue weighted by atomic mass is 32.2. The Morgan fingerprint density at radius 3 is 2.64 bits per heavy atom. The third kappa shape index (κ3) is 4.48. The fourth-order valence-corrected chi connectivity index (χ4v) is 6.33. The zero-order valence-corrected chi connectivity index (χ0v) is 21.3. The Kier molecular flexibility index (Phi) is 6.77. The number of aromatic hydroxyl groups is 1. The standard InChI is InChI=1S/C25H19N3O5S3/c1-33-17-12-15(9-10-16(17)29)20-19(21(30)18-8-5-11-34-18)22(31)23(32)28(20)24-26-27-25(36-24)35-13-14-6-3-2-4-7-14/h2-12,20,29,31H,13H2,1H3/t20-/m0/s1. The highest BCUT2D eigenvalue weighted by molar-refractivity contribution is 8.00. The van der Waals surface area contributed by atoms with Crippen molar-refractivity contribution in [1.29, 1.82) is 0 Å². The molecule has 0 fully saturated rings. The van der Waals surface area contributed by atoms with Gasteiger partial charge in [0.2, 0.25) is 10.9 Å². The molecule has 2 aromatic carbocycles. The molecule has 0 spiro atoms. The maximum absolute atomic E-state index is 13.4. The van der Waals surface area contributed by atoms with E-state index in [2.05, 4.69) is 10.2 Å². The van der Waals surface area contributed by atoms with Crippen molar-refractivity contribution < 1.29 is 24.5 Å². The fourth-order valence-electron chi connectivity index (χ4n) is 3.83. The Morgan fingerprint density at radius 1 is 1.11 bits per heavy atom. The minimum Gasteiger partial charge on any atom is -0.504 e. The third-order valence-electron chi connectivity index (χ3n) is 5.52. The molecule has 0 radical (unpaired) electrons. The summed E-state index contributed by atoms with van der Waals surface area (Å²) in [7, 11) is 1.41. The van der Waals surface area contributed by atoms with Crippen LogP contribution in [0.4, 0.5) is 5.13 Å². The molecule has 1 atom stereocenters. The van der Waals surface area contributed by atoms with Crippen LogP contribution in [0.2, 0.25) is 0 Å². The third-order valence-corrected chi connectivity index (χ3v) is 8.52. The number of aliphatic hydroxyl groups is 1. The minimum atomic E-state index is -0.985. The number of benzene rings is 2. The Morgan fingerprint density at radius 2 is 1.92 bits per heavy atom. The van der Waals surface area contributed by atoms with Gasteiger partial charge >= 0.3 is 0 Å². The number of rotatable bonds is 8. The van der Waals surface area contributed by atoms with Crippen molar-refractivity contribution in [3.8, 4) is 11.5 Å². The summed E-state index contributed by atoms with van der Waals surface area (Å²) < 4.78 is 5.88. The van der Waals surface area contributed by atoms with Crippen molar-refractivity contribution in [3.05, 3.63) is 93.4 Å². The average Bonchev–Trinajstić information content (AvgIpc) is 3.64. The molecule has 5 rings (SSSR count). The van der Waals surface area contributed by atoms with Gasteiger partial charge in [-0.05, 0) is 34.7 Å². The molecule has 1 aliphatic heterocycles. The van der Waals surface area contributed by atoms with Gasteiger partial charge in [0.05, 0.1) is 23.6 Å². The van der Waals surface area contributed by atoms with Crippen molar-refractivity contribution in [3.63, 3.8) is 0 Å². The first kappa shape index (κ1) is 24.0. The zero-order chi connectivity index (χ0) is 25.2. The Bertz CT molecular complexity index is 1450. The van der Waals surface area contributed by atoms with Crippen LogP contribution in [0, 0.1) is 0 Å². The number of carbonyl (C=O) groups excluding carboxylic acids is 2. The summed E-state index contributed by atoms with van der Waals surface area (Å²) in [6, 6.07) is 16.8. The molecule has 2 aromatic heterocycles. The number of methoxy groups -OCH3 is 1. The lowest BCUT2D eigenvalue weighted by Crippen LogP contribution is -2.31. The first-order chi connectivity index (χ1) is 17.5. The van der Waals surface area contributed by atoms with E-state index in [1.165, 1.54) is 58.6 Å². The first-order valence-corrected chi connectivity index (χ1v) is 13.4. The maximum Gasteiger partial charge on any atom is 0.296 e. The molecule has 0 saturated carbocycles. The van der Waals surface area contributed by atoms with Crippen LogP contribution in [0.1, 0.15) is 26.8 Å². The van der Waals surface area contributed by atoms with Crippen LogP contribution in [0.15, 0.2) is 81.7 Å². The summed E-state index contributed by atoms with van der Waals surface area (Å²) in [5.74, 6) is -1.09. The lowest BCUT2D eigenvalue weighted by molar-refractivity contribution is -0.117. The zero-order valence-electron chi connectivity index (χ0n) is 18.8. The second kappa shape index (κ2) is 10.1. The fraction of sp³-hybridized carbons (Fsp3) is 0.120. The summed E-state index contributed by atoms with van der Waals surface area (Å²) >= 11 is 3.89. The average molecular weight is 538 g/mol. The molecule has 4 aromatic rings. The van der Waals surface area contributed by atoms with Gasteiger partial charge in [0.1, 0.15) is 0 Å². The van der Waals surface area contributed by atoms with E-state index in [1.807, 2.05) is 30.3 Å². The molecule has 3 heterocycles. The topological polar surface area (TPSA) is 113 Å². The summed E-state index contributed by atoms with van der Waals surface area (Å²) in [6.45, 7) is 0. The molecule has 0 aliphatic carbocycles. The van der Waals surface area contributed by atoms with Crippen molar-refractivity contribution in [1.82, 2.24) is 10.2 Å². The molecule has 0 unspecified atom stereocenters. The molecule has 8 nitrogen and oxygen atoms in total. The molecule has 1 aliphatic rings. The van der Waals surface area contributed by atoms with Crippen LogP contribution in [0.3, 0.4) is 0 Å². The normalized spacial score (nSPS) is 15.5. The number of carbonyl (C=O) groups is 2. The van der Waals surface area contributed by atoms with Gasteiger partial charge in [0.25, 0.3) is 5.91 Å². The van der Waals surface area contributed by atoms with E-state index in [9.17, 15) is 19.8 Å². The van der Waals surface area contributed by atoms with E-state index in [0.717, 1.165) is 5.56 Å². The van der Waals surface area contributed by atoms with Gasteiger partial charge in [-0.3, -0.25) is 14.5 Å². The summed E-state index contributed by atoms with van der Waals surface area (Å²) in [5.41, 5.74) is 1.52. The number of thioether (sulfide) groups is 1. The van der Waals surface area contributed by atoms with Crippen LogP contribution >= 0.6 is 34.4 Å².